The summed E-state index contributed by atoms with van der Waals surface area (Å²) < 4.78 is 25.3. The van der Waals surface area contributed by atoms with Gasteiger partial charge in [-0.25, -0.2) is 8.42 Å². The molecule has 0 aliphatic carbocycles. The Bertz CT molecular complexity index is 442. The van der Waals surface area contributed by atoms with Crippen molar-refractivity contribution in [3.05, 3.63) is 28.7 Å². The average Bonchev–Trinajstić information content (AvgIpc) is 2.27. The van der Waals surface area contributed by atoms with E-state index in [2.05, 4.69) is 21.2 Å². The topological polar surface area (TPSA) is 46.2 Å². The number of halogens is 1. The highest BCUT2D eigenvalue weighted by molar-refractivity contribution is 9.10. The lowest BCUT2D eigenvalue weighted by Crippen LogP contribution is -2.38. The molecule has 0 aliphatic heterocycles. The second-order valence-corrected chi connectivity index (χ2v) is 7.00. The second-order valence-electron chi connectivity index (χ2n) is 3.78. The summed E-state index contributed by atoms with van der Waals surface area (Å²) in [6.07, 6.45) is 0. The van der Waals surface area contributed by atoms with E-state index in [4.69, 9.17) is 0 Å². The van der Waals surface area contributed by atoms with Crippen LogP contribution in [0.25, 0.3) is 0 Å². The van der Waals surface area contributed by atoms with Crippen molar-refractivity contribution in [2.45, 2.75) is 30.0 Å². The number of hydrogen-bond donors (Lipinski definition) is 1. The Morgan fingerprint density at radius 1 is 1.19 bits per heavy atom. The summed E-state index contributed by atoms with van der Waals surface area (Å²) in [6, 6.07) is 6.65. The Morgan fingerprint density at radius 2 is 1.69 bits per heavy atom. The van der Waals surface area contributed by atoms with Crippen LogP contribution >= 0.6 is 15.9 Å². The maximum atomic E-state index is 12.2. The smallest absolute Gasteiger partial charge is 0.182 e. The second kappa shape index (κ2) is 5.29. The lowest BCUT2D eigenvalue weighted by atomic mass is 10.3. The predicted molar refractivity (Wildman–Crippen MR) is 69.3 cm³/mol. The van der Waals surface area contributed by atoms with Gasteiger partial charge in [0.2, 0.25) is 0 Å². The van der Waals surface area contributed by atoms with Crippen molar-refractivity contribution in [1.82, 2.24) is 5.32 Å². The third-order valence-electron chi connectivity index (χ3n) is 2.79. The molecule has 0 aliphatic rings. The van der Waals surface area contributed by atoms with E-state index in [0.717, 1.165) is 4.47 Å². The molecule has 0 spiro atoms. The summed E-state index contributed by atoms with van der Waals surface area (Å²) in [6.45, 7) is 3.58. The fourth-order valence-electron chi connectivity index (χ4n) is 1.34. The van der Waals surface area contributed by atoms with Gasteiger partial charge < -0.3 is 5.32 Å². The molecule has 1 aromatic rings. The lowest BCUT2D eigenvalue weighted by Gasteiger charge is -2.19. The van der Waals surface area contributed by atoms with E-state index < -0.39 is 15.1 Å². The highest BCUT2D eigenvalue weighted by Gasteiger charge is 2.27. The van der Waals surface area contributed by atoms with Gasteiger partial charge in [0.15, 0.2) is 9.84 Å². The van der Waals surface area contributed by atoms with Crippen LogP contribution in [-0.2, 0) is 9.84 Å². The van der Waals surface area contributed by atoms with Gasteiger partial charge >= 0.3 is 0 Å². The van der Waals surface area contributed by atoms with Gasteiger partial charge in [-0.3, -0.25) is 0 Å². The van der Waals surface area contributed by atoms with Gasteiger partial charge in [-0.15, -0.1) is 0 Å². The SMILES string of the molecule is CNC(C)C(C)S(=O)(=O)c1ccc(Br)cc1. The molecule has 0 bridgehead atoms. The third-order valence-corrected chi connectivity index (χ3v) is 5.64. The first-order valence-corrected chi connectivity index (χ1v) is 7.40. The third kappa shape index (κ3) is 2.84. The fraction of sp³-hybridized carbons (Fsp3) is 0.455. The molecular formula is C11H16BrNO2S. The number of sulfone groups is 1. The Balaban J connectivity index is 3.07. The Kier molecular flexibility index (Phi) is 4.52. The van der Waals surface area contributed by atoms with Crippen LogP contribution in [-0.4, -0.2) is 26.8 Å². The summed E-state index contributed by atoms with van der Waals surface area (Å²) in [4.78, 5) is 0.366. The summed E-state index contributed by atoms with van der Waals surface area (Å²) in [7, 11) is -1.49. The fourth-order valence-corrected chi connectivity index (χ4v) is 3.22. The minimum atomic E-state index is -3.25. The Labute approximate surface area is 105 Å². The molecule has 0 saturated carbocycles. The summed E-state index contributed by atoms with van der Waals surface area (Å²) in [5.41, 5.74) is 0. The van der Waals surface area contributed by atoms with Crippen LogP contribution < -0.4 is 5.32 Å². The molecule has 0 saturated heterocycles. The van der Waals surface area contributed by atoms with Crippen LogP contribution in [0.15, 0.2) is 33.6 Å². The standard InChI is InChI=1S/C11H16BrNO2S/c1-8(13-3)9(2)16(14,15)11-6-4-10(12)5-7-11/h4-9,13H,1-3H3. The van der Waals surface area contributed by atoms with Crippen LogP contribution in [0.2, 0.25) is 0 Å². The van der Waals surface area contributed by atoms with Crippen molar-refractivity contribution in [3.8, 4) is 0 Å². The molecule has 0 heterocycles. The van der Waals surface area contributed by atoms with Crippen LogP contribution in [0.1, 0.15) is 13.8 Å². The van der Waals surface area contributed by atoms with E-state index >= 15 is 0 Å². The summed E-state index contributed by atoms with van der Waals surface area (Å²) in [5, 5.41) is 2.52. The van der Waals surface area contributed by atoms with Gasteiger partial charge in [0.1, 0.15) is 0 Å². The van der Waals surface area contributed by atoms with Gasteiger partial charge in [0, 0.05) is 10.5 Å². The zero-order valence-electron chi connectivity index (χ0n) is 9.57. The van der Waals surface area contributed by atoms with Gasteiger partial charge in [0.05, 0.1) is 10.1 Å². The number of hydrogen-bond acceptors (Lipinski definition) is 3. The minimum Gasteiger partial charge on any atom is -0.316 e. The molecule has 0 aromatic heterocycles. The van der Waals surface area contributed by atoms with Crippen molar-refractivity contribution in [2.75, 3.05) is 7.05 Å². The molecule has 5 heteroatoms. The van der Waals surface area contributed by atoms with E-state index in [1.165, 1.54) is 0 Å². The van der Waals surface area contributed by atoms with Crippen LogP contribution in [0, 0.1) is 0 Å². The van der Waals surface area contributed by atoms with Gasteiger partial charge in [-0.1, -0.05) is 15.9 Å². The van der Waals surface area contributed by atoms with E-state index in [1.807, 2.05) is 6.92 Å². The number of rotatable bonds is 4. The highest BCUT2D eigenvalue weighted by atomic mass is 79.9. The Morgan fingerprint density at radius 3 is 2.12 bits per heavy atom. The Hall–Kier alpha value is -0.390. The van der Waals surface area contributed by atoms with Crippen molar-refractivity contribution in [3.63, 3.8) is 0 Å². The molecule has 1 rings (SSSR count). The van der Waals surface area contributed by atoms with Crippen molar-refractivity contribution >= 4 is 25.8 Å². The largest absolute Gasteiger partial charge is 0.316 e. The van der Waals surface area contributed by atoms with E-state index in [-0.39, 0.29) is 6.04 Å². The predicted octanol–water partition coefficient (Wildman–Crippen LogP) is 2.22. The maximum absolute atomic E-state index is 12.2. The van der Waals surface area contributed by atoms with Crippen molar-refractivity contribution in [1.29, 1.82) is 0 Å². The lowest BCUT2D eigenvalue weighted by molar-refractivity contribution is 0.539. The zero-order chi connectivity index (χ0) is 12.3. The number of benzene rings is 1. The highest BCUT2D eigenvalue weighted by Crippen LogP contribution is 2.20. The molecule has 0 amide bonds. The first-order chi connectivity index (χ1) is 7.39. The molecule has 0 radical (unpaired) electrons. The molecule has 90 valence electrons. The molecule has 1 N–H and O–H groups in total. The maximum Gasteiger partial charge on any atom is 0.182 e. The van der Waals surface area contributed by atoms with E-state index in [1.54, 1.807) is 38.2 Å². The molecule has 1 aromatic carbocycles. The quantitative estimate of drug-likeness (QED) is 0.928. The zero-order valence-corrected chi connectivity index (χ0v) is 12.0. The first-order valence-electron chi connectivity index (χ1n) is 5.06. The van der Waals surface area contributed by atoms with E-state index in [9.17, 15) is 8.42 Å². The molecule has 16 heavy (non-hydrogen) atoms. The van der Waals surface area contributed by atoms with Gasteiger partial charge in [0.25, 0.3) is 0 Å². The van der Waals surface area contributed by atoms with Crippen LogP contribution in [0.5, 0.6) is 0 Å². The molecule has 0 fully saturated rings. The van der Waals surface area contributed by atoms with Crippen LogP contribution in [0.3, 0.4) is 0 Å². The van der Waals surface area contributed by atoms with Crippen molar-refractivity contribution < 1.29 is 8.42 Å². The summed E-state index contributed by atoms with van der Waals surface area (Å²) >= 11 is 3.28. The van der Waals surface area contributed by atoms with Crippen LogP contribution in [0.4, 0.5) is 0 Å². The minimum absolute atomic E-state index is 0.0753. The van der Waals surface area contributed by atoms with Crippen molar-refractivity contribution in [2.24, 2.45) is 0 Å². The van der Waals surface area contributed by atoms with Gasteiger partial charge in [-0.05, 0) is 45.2 Å². The van der Waals surface area contributed by atoms with E-state index in [0.29, 0.717) is 4.90 Å². The van der Waals surface area contributed by atoms with Gasteiger partial charge in [-0.2, -0.15) is 0 Å². The molecule has 3 nitrogen and oxygen atoms in total. The molecule has 2 unspecified atom stereocenters. The monoisotopic (exact) mass is 305 g/mol. The number of nitrogens with one attached hydrogen (secondary N) is 1. The first kappa shape index (κ1) is 13.7. The molecular weight excluding hydrogens is 290 g/mol. The summed E-state index contributed by atoms with van der Waals surface area (Å²) in [5.74, 6) is 0. The molecule has 2 atom stereocenters. The average molecular weight is 306 g/mol. The normalized spacial score (nSPS) is 15.8.